The summed E-state index contributed by atoms with van der Waals surface area (Å²) in [7, 11) is 0. The molecule has 1 unspecified atom stereocenters. The Hall–Kier alpha value is -0.0400. The minimum atomic E-state index is 0.621. The van der Waals surface area contributed by atoms with Crippen molar-refractivity contribution < 1.29 is 4.74 Å². The fraction of sp³-hybridized carbons (Fsp3) is 1.00. The molecule has 1 heteroatoms. The molecule has 0 aromatic heterocycles. The van der Waals surface area contributed by atoms with Crippen molar-refractivity contribution in [3.8, 4) is 0 Å². The van der Waals surface area contributed by atoms with Crippen LogP contribution in [0, 0.1) is 5.92 Å². The summed E-state index contributed by atoms with van der Waals surface area (Å²) in [5.74, 6) is 0.899. The van der Waals surface area contributed by atoms with Crippen LogP contribution in [-0.2, 0) is 4.74 Å². The first-order chi connectivity index (χ1) is 6.97. The summed E-state index contributed by atoms with van der Waals surface area (Å²) < 4.78 is 6.00. The summed E-state index contributed by atoms with van der Waals surface area (Å²) in [5, 5.41) is 0. The molecule has 0 aromatic rings. The maximum Gasteiger partial charge on any atom is 0.0603 e. The van der Waals surface area contributed by atoms with E-state index >= 15 is 0 Å². The van der Waals surface area contributed by atoms with Crippen LogP contribution in [0.2, 0.25) is 0 Å². The van der Waals surface area contributed by atoms with Crippen LogP contribution >= 0.6 is 0 Å². The summed E-state index contributed by atoms with van der Waals surface area (Å²) in [6.07, 6.45) is 14.7. The van der Waals surface area contributed by atoms with E-state index in [2.05, 4.69) is 0 Å². The van der Waals surface area contributed by atoms with Crippen molar-refractivity contribution in [3.63, 3.8) is 0 Å². The molecule has 1 heterocycles. The SMILES string of the molecule is C1CCCC(C2CCCCCO2)CC1. The summed E-state index contributed by atoms with van der Waals surface area (Å²) >= 11 is 0. The minimum Gasteiger partial charge on any atom is -0.378 e. The standard InChI is InChI=1S/C13H24O/c1-2-5-9-12(8-4-1)13-10-6-3-7-11-14-13/h12-13H,1-11H2. The zero-order chi connectivity index (χ0) is 9.64. The van der Waals surface area contributed by atoms with Gasteiger partial charge in [-0.05, 0) is 31.6 Å². The molecule has 1 nitrogen and oxygen atoms in total. The highest BCUT2D eigenvalue weighted by atomic mass is 16.5. The fourth-order valence-electron chi connectivity index (χ4n) is 3.00. The van der Waals surface area contributed by atoms with Crippen LogP contribution in [0.15, 0.2) is 0 Å². The number of hydrogen-bond donors (Lipinski definition) is 0. The van der Waals surface area contributed by atoms with Crippen LogP contribution in [0.3, 0.4) is 0 Å². The highest BCUT2D eigenvalue weighted by molar-refractivity contribution is 4.75. The molecule has 0 spiro atoms. The van der Waals surface area contributed by atoms with E-state index in [1.807, 2.05) is 0 Å². The molecule has 0 bridgehead atoms. The van der Waals surface area contributed by atoms with E-state index in [1.54, 1.807) is 0 Å². The van der Waals surface area contributed by atoms with Crippen LogP contribution in [-0.4, -0.2) is 12.7 Å². The highest BCUT2D eigenvalue weighted by Crippen LogP contribution is 2.30. The van der Waals surface area contributed by atoms with Crippen LogP contribution in [0.5, 0.6) is 0 Å². The predicted molar refractivity (Wildman–Crippen MR) is 59.4 cm³/mol. The molecule has 2 rings (SSSR count). The van der Waals surface area contributed by atoms with Gasteiger partial charge in [0.05, 0.1) is 6.10 Å². The minimum absolute atomic E-state index is 0.621. The van der Waals surface area contributed by atoms with Gasteiger partial charge in [0.25, 0.3) is 0 Å². The zero-order valence-corrected chi connectivity index (χ0v) is 9.34. The van der Waals surface area contributed by atoms with Crippen LogP contribution in [0.4, 0.5) is 0 Å². The molecule has 0 radical (unpaired) electrons. The second-order valence-corrected chi connectivity index (χ2v) is 5.01. The molecular formula is C13H24O. The van der Waals surface area contributed by atoms with E-state index in [4.69, 9.17) is 4.74 Å². The second-order valence-electron chi connectivity index (χ2n) is 5.01. The van der Waals surface area contributed by atoms with Gasteiger partial charge in [-0.2, -0.15) is 0 Å². The molecule has 0 aromatic carbocycles. The van der Waals surface area contributed by atoms with Crippen molar-refractivity contribution in [2.24, 2.45) is 5.92 Å². The molecule has 1 aliphatic heterocycles. The first kappa shape index (κ1) is 10.5. The van der Waals surface area contributed by atoms with E-state index in [1.165, 1.54) is 64.2 Å². The summed E-state index contributed by atoms with van der Waals surface area (Å²) in [5.41, 5.74) is 0. The van der Waals surface area contributed by atoms with Gasteiger partial charge in [0.2, 0.25) is 0 Å². The van der Waals surface area contributed by atoms with Gasteiger partial charge in [-0.15, -0.1) is 0 Å². The quantitative estimate of drug-likeness (QED) is 0.578. The normalized spacial score (nSPS) is 32.1. The molecule has 14 heavy (non-hydrogen) atoms. The molecule has 1 atom stereocenters. The van der Waals surface area contributed by atoms with Crippen LogP contribution in [0.1, 0.15) is 64.2 Å². The van der Waals surface area contributed by atoms with Gasteiger partial charge in [0.15, 0.2) is 0 Å². The third-order valence-electron chi connectivity index (χ3n) is 3.89. The second kappa shape index (κ2) is 5.75. The Bertz CT molecular complexity index is 121. The van der Waals surface area contributed by atoms with Crippen molar-refractivity contribution in [3.05, 3.63) is 0 Å². The summed E-state index contributed by atoms with van der Waals surface area (Å²) in [6, 6.07) is 0. The average molecular weight is 196 g/mol. The maximum atomic E-state index is 6.00. The molecule has 1 saturated carbocycles. The molecule has 0 amide bonds. The molecule has 1 aliphatic carbocycles. The Balaban J connectivity index is 1.83. The molecule has 2 fully saturated rings. The monoisotopic (exact) mass is 196 g/mol. The van der Waals surface area contributed by atoms with Gasteiger partial charge in [-0.1, -0.05) is 38.5 Å². The van der Waals surface area contributed by atoms with Gasteiger partial charge in [0, 0.05) is 6.61 Å². The van der Waals surface area contributed by atoms with E-state index < -0.39 is 0 Å². The highest BCUT2D eigenvalue weighted by Gasteiger charge is 2.24. The predicted octanol–water partition coefficient (Wildman–Crippen LogP) is 3.92. The summed E-state index contributed by atoms with van der Waals surface area (Å²) in [6.45, 7) is 1.03. The van der Waals surface area contributed by atoms with Crippen LogP contribution in [0.25, 0.3) is 0 Å². The number of hydrogen-bond acceptors (Lipinski definition) is 1. The Kier molecular flexibility index (Phi) is 4.30. The van der Waals surface area contributed by atoms with Crippen molar-refractivity contribution in [1.29, 1.82) is 0 Å². The largest absolute Gasteiger partial charge is 0.378 e. The Morgan fingerprint density at radius 1 is 0.643 bits per heavy atom. The van der Waals surface area contributed by atoms with Gasteiger partial charge < -0.3 is 4.74 Å². The number of rotatable bonds is 1. The Labute approximate surface area is 88.2 Å². The summed E-state index contributed by atoms with van der Waals surface area (Å²) in [4.78, 5) is 0. The van der Waals surface area contributed by atoms with Crippen molar-refractivity contribution in [2.45, 2.75) is 70.3 Å². The van der Waals surface area contributed by atoms with Crippen molar-refractivity contribution in [1.82, 2.24) is 0 Å². The van der Waals surface area contributed by atoms with Crippen molar-refractivity contribution in [2.75, 3.05) is 6.61 Å². The molecule has 1 saturated heterocycles. The van der Waals surface area contributed by atoms with E-state index in [0.717, 1.165) is 12.5 Å². The van der Waals surface area contributed by atoms with E-state index in [0.29, 0.717) is 6.10 Å². The third kappa shape index (κ3) is 2.98. The van der Waals surface area contributed by atoms with Crippen molar-refractivity contribution >= 4 is 0 Å². The van der Waals surface area contributed by atoms with Gasteiger partial charge in [-0.3, -0.25) is 0 Å². The topological polar surface area (TPSA) is 9.23 Å². The fourth-order valence-corrected chi connectivity index (χ4v) is 3.00. The molecule has 2 aliphatic rings. The zero-order valence-electron chi connectivity index (χ0n) is 9.34. The van der Waals surface area contributed by atoms with E-state index in [9.17, 15) is 0 Å². The van der Waals surface area contributed by atoms with Gasteiger partial charge >= 0.3 is 0 Å². The Morgan fingerprint density at radius 3 is 2.07 bits per heavy atom. The van der Waals surface area contributed by atoms with E-state index in [-0.39, 0.29) is 0 Å². The van der Waals surface area contributed by atoms with Crippen LogP contribution < -0.4 is 0 Å². The molecular weight excluding hydrogens is 172 g/mol. The lowest BCUT2D eigenvalue weighted by Crippen LogP contribution is -2.23. The lowest BCUT2D eigenvalue weighted by atomic mass is 9.91. The Morgan fingerprint density at radius 2 is 1.29 bits per heavy atom. The first-order valence-corrected chi connectivity index (χ1v) is 6.58. The first-order valence-electron chi connectivity index (χ1n) is 6.58. The average Bonchev–Trinajstić information content (AvgIpc) is 2.62. The third-order valence-corrected chi connectivity index (χ3v) is 3.89. The van der Waals surface area contributed by atoms with Gasteiger partial charge in [0.1, 0.15) is 0 Å². The molecule has 0 N–H and O–H groups in total. The lowest BCUT2D eigenvalue weighted by molar-refractivity contribution is 0.0116. The smallest absolute Gasteiger partial charge is 0.0603 e. The van der Waals surface area contributed by atoms with Gasteiger partial charge in [-0.25, -0.2) is 0 Å². The maximum absolute atomic E-state index is 6.00. The molecule has 82 valence electrons. The lowest BCUT2D eigenvalue weighted by Gasteiger charge is -2.24. The number of ether oxygens (including phenoxy) is 1.